The minimum atomic E-state index is -0.846. The number of carbonyl (C=O) groups excluding carboxylic acids is 1. The van der Waals surface area contributed by atoms with Crippen LogP contribution in [-0.2, 0) is 4.79 Å². The van der Waals surface area contributed by atoms with Crippen molar-refractivity contribution in [2.75, 3.05) is 0 Å². The van der Waals surface area contributed by atoms with E-state index in [1.165, 1.54) is 25.7 Å². The van der Waals surface area contributed by atoms with Gasteiger partial charge in [-0.25, -0.2) is 0 Å². The van der Waals surface area contributed by atoms with Crippen LogP contribution < -0.4 is 34.7 Å². The van der Waals surface area contributed by atoms with Crippen molar-refractivity contribution in [1.82, 2.24) is 0 Å². The fourth-order valence-corrected chi connectivity index (χ4v) is 1.85. The Hall–Kier alpha value is 0.470. The topological polar surface area (TPSA) is 40.1 Å². The molecule has 0 aromatic rings. The minimum absolute atomic E-state index is 0. The minimum Gasteiger partial charge on any atom is -0.550 e. The number of carboxylic acid groups (broad SMARTS) is 1. The standard InChI is InChI=1S/C10H18O2.Na/c1-2-3-4-5-8-6-9(7-8)10(11)12;/h8-9H,2-7H2,1H3,(H,11,12);/q;+1/p-1. The Morgan fingerprint density at radius 3 is 2.46 bits per heavy atom. The van der Waals surface area contributed by atoms with Gasteiger partial charge in [-0.05, 0) is 24.7 Å². The number of aliphatic carboxylic acids is 1. The average Bonchev–Trinajstić information content (AvgIpc) is 1.93. The van der Waals surface area contributed by atoms with Gasteiger partial charge in [-0.2, -0.15) is 0 Å². The van der Waals surface area contributed by atoms with Gasteiger partial charge in [0.2, 0.25) is 0 Å². The van der Waals surface area contributed by atoms with Crippen molar-refractivity contribution in [3.05, 3.63) is 0 Å². The molecule has 0 amide bonds. The molecule has 3 heteroatoms. The third kappa shape index (κ3) is 4.48. The average molecular weight is 192 g/mol. The quantitative estimate of drug-likeness (QED) is 0.387. The van der Waals surface area contributed by atoms with E-state index in [9.17, 15) is 9.90 Å². The molecule has 1 aliphatic rings. The normalized spacial score (nSPS) is 25.9. The molecule has 13 heavy (non-hydrogen) atoms. The molecule has 0 unspecified atom stereocenters. The molecule has 1 aliphatic carbocycles. The van der Waals surface area contributed by atoms with Crippen LogP contribution in [0.4, 0.5) is 0 Å². The molecule has 0 aliphatic heterocycles. The van der Waals surface area contributed by atoms with E-state index < -0.39 is 5.97 Å². The van der Waals surface area contributed by atoms with Crippen LogP contribution in [0.25, 0.3) is 0 Å². The number of hydrogen-bond acceptors (Lipinski definition) is 2. The van der Waals surface area contributed by atoms with E-state index in [0.29, 0.717) is 5.92 Å². The van der Waals surface area contributed by atoms with Crippen LogP contribution in [0.1, 0.15) is 45.4 Å². The number of carboxylic acids is 1. The zero-order chi connectivity index (χ0) is 8.97. The smallest absolute Gasteiger partial charge is 0.550 e. The molecule has 0 saturated heterocycles. The molecule has 0 N–H and O–H groups in total. The van der Waals surface area contributed by atoms with E-state index >= 15 is 0 Å². The summed E-state index contributed by atoms with van der Waals surface area (Å²) >= 11 is 0. The van der Waals surface area contributed by atoms with Gasteiger partial charge in [-0.15, -0.1) is 0 Å². The molecule has 1 fully saturated rings. The molecule has 0 spiro atoms. The molecule has 0 aromatic heterocycles. The van der Waals surface area contributed by atoms with Crippen LogP contribution in [0.3, 0.4) is 0 Å². The number of rotatable bonds is 5. The Morgan fingerprint density at radius 1 is 1.38 bits per heavy atom. The van der Waals surface area contributed by atoms with E-state index in [4.69, 9.17) is 0 Å². The van der Waals surface area contributed by atoms with E-state index in [1.54, 1.807) is 0 Å². The van der Waals surface area contributed by atoms with Crippen molar-refractivity contribution in [2.24, 2.45) is 11.8 Å². The van der Waals surface area contributed by atoms with Crippen molar-refractivity contribution in [1.29, 1.82) is 0 Å². The van der Waals surface area contributed by atoms with Gasteiger partial charge in [0.05, 0.1) is 0 Å². The van der Waals surface area contributed by atoms with E-state index in [1.807, 2.05) is 0 Å². The zero-order valence-electron chi connectivity index (χ0n) is 8.71. The van der Waals surface area contributed by atoms with E-state index in [2.05, 4.69) is 6.92 Å². The first-order valence-corrected chi connectivity index (χ1v) is 4.95. The summed E-state index contributed by atoms with van der Waals surface area (Å²) in [6, 6.07) is 0. The van der Waals surface area contributed by atoms with Crippen molar-refractivity contribution < 1.29 is 39.5 Å². The molecule has 0 aromatic carbocycles. The maximum atomic E-state index is 10.3. The molecule has 2 nitrogen and oxygen atoms in total. The molecule has 1 saturated carbocycles. The summed E-state index contributed by atoms with van der Waals surface area (Å²) < 4.78 is 0. The van der Waals surface area contributed by atoms with Crippen LogP contribution in [-0.4, -0.2) is 5.97 Å². The van der Waals surface area contributed by atoms with Crippen LogP contribution in [0.5, 0.6) is 0 Å². The first-order chi connectivity index (χ1) is 5.74. The Kier molecular flexibility index (Phi) is 7.10. The van der Waals surface area contributed by atoms with Crippen LogP contribution in [0.15, 0.2) is 0 Å². The van der Waals surface area contributed by atoms with Gasteiger partial charge >= 0.3 is 29.6 Å². The summed E-state index contributed by atoms with van der Waals surface area (Å²) in [5, 5.41) is 10.3. The second kappa shape index (κ2) is 6.86. The molecular weight excluding hydrogens is 175 g/mol. The second-order valence-corrected chi connectivity index (χ2v) is 3.85. The van der Waals surface area contributed by atoms with Crippen molar-refractivity contribution in [3.63, 3.8) is 0 Å². The van der Waals surface area contributed by atoms with E-state index in [0.717, 1.165) is 12.8 Å². The Balaban J connectivity index is 0.00000144. The predicted molar refractivity (Wildman–Crippen MR) is 45.4 cm³/mol. The Bertz CT molecular complexity index is 153. The molecule has 0 radical (unpaired) electrons. The van der Waals surface area contributed by atoms with E-state index in [-0.39, 0.29) is 35.5 Å². The van der Waals surface area contributed by atoms with Gasteiger partial charge in [-0.1, -0.05) is 32.6 Å². The number of carbonyl (C=O) groups is 1. The van der Waals surface area contributed by atoms with Crippen molar-refractivity contribution in [3.8, 4) is 0 Å². The maximum absolute atomic E-state index is 10.3. The van der Waals surface area contributed by atoms with Gasteiger partial charge in [0, 0.05) is 5.97 Å². The third-order valence-corrected chi connectivity index (χ3v) is 2.78. The monoisotopic (exact) mass is 192 g/mol. The van der Waals surface area contributed by atoms with Gasteiger partial charge < -0.3 is 9.90 Å². The molecular formula is C10H17NaO2. The number of hydrogen-bond donors (Lipinski definition) is 0. The molecule has 0 atom stereocenters. The van der Waals surface area contributed by atoms with Gasteiger partial charge in [0.25, 0.3) is 0 Å². The van der Waals surface area contributed by atoms with Crippen LogP contribution in [0.2, 0.25) is 0 Å². The van der Waals surface area contributed by atoms with Crippen molar-refractivity contribution >= 4 is 5.97 Å². The van der Waals surface area contributed by atoms with Gasteiger partial charge in [0.1, 0.15) is 0 Å². The summed E-state index contributed by atoms with van der Waals surface area (Å²) in [5.74, 6) is -0.294. The molecule has 0 bridgehead atoms. The molecule has 1 rings (SSSR count). The second-order valence-electron chi connectivity index (χ2n) is 3.85. The molecule has 70 valence electrons. The SMILES string of the molecule is CCCCCC1CC(C(=O)[O-])C1.[Na+]. The van der Waals surface area contributed by atoms with Crippen LogP contribution >= 0.6 is 0 Å². The van der Waals surface area contributed by atoms with Crippen LogP contribution in [0, 0.1) is 11.8 Å². The molecule has 0 heterocycles. The maximum Gasteiger partial charge on any atom is 1.00 e. The van der Waals surface area contributed by atoms with Crippen molar-refractivity contribution in [2.45, 2.75) is 45.4 Å². The summed E-state index contributed by atoms with van der Waals surface area (Å²) in [5.41, 5.74) is 0. The largest absolute Gasteiger partial charge is 1.00 e. The first kappa shape index (κ1) is 13.5. The third-order valence-electron chi connectivity index (χ3n) is 2.78. The Labute approximate surface area is 102 Å². The summed E-state index contributed by atoms with van der Waals surface area (Å²) in [6.45, 7) is 2.19. The Morgan fingerprint density at radius 2 is 2.00 bits per heavy atom. The number of unbranched alkanes of at least 4 members (excludes halogenated alkanes) is 2. The fourth-order valence-electron chi connectivity index (χ4n) is 1.85. The summed E-state index contributed by atoms with van der Waals surface area (Å²) in [4.78, 5) is 10.3. The summed E-state index contributed by atoms with van der Waals surface area (Å²) in [7, 11) is 0. The zero-order valence-corrected chi connectivity index (χ0v) is 10.7. The van der Waals surface area contributed by atoms with Gasteiger partial charge in [-0.3, -0.25) is 0 Å². The summed E-state index contributed by atoms with van der Waals surface area (Å²) in [6.07, 6.45) is 6.75. The first-order valence-electron chi connectivity index (χ1n) is 4.95. The predicted octanol–water partition coefficient (Wildman–Crippen LogP) is -1.65. The van der Waals surface area contributed by atoms with Gasteiger partial charge in [0.15, 0.2) is 0 Å². The fraction of sp³-hybridized carbons (Fsp3) is 0.900.